The van der Waals surface area contributed by atoms with Crippen molar-refractivity contribution < 1.29 is 23.9 Å². The minimum atomic E-state index is -0.543. The van der Waals surface area contributed by atoms with E-state index in [1.807, 2.05) is 6.92 Å². The molecule has 0 saturated carbocycles. The number of amides is 1. The molecular formula is C21H21N3O6S. The molecule has 1 aliphatic rings. The van der Waals surface area contributed by atoms with Crippen molar-refractivity contribution in [1.82, 2.24) is 4.90 Å². The van der Waals surface area contributed by atoms with Gasteiger partial charge in [0.2, 0.25) is 5.75 Å². The quantitative estimate of drug-likeness (QED) is 0.358. The molecule has 2 aromatic rings. The van der Waals surface area contributed by atoms with Gasteiger partial charge in [0.1, 0.15) is 11.5 Å². The van der Waals surface area contributed by atoms with Crippen LogP contribution in [0.4, 0.5) is 11.4 Å². The van der Waals surface area contributed by atoms with Crippen LogP contribution in [-0.4, -0.2) is 48.8 Å². The summed E-state index contributed by atoms with van der Waals surface area (Å²) in [5, 5.41) is 11.9. The Kier molecular flexibility index (Phi) is 6.81. The predicted octanol–water partition coefficient (Wildman–Crippen LogP) is 4.24. The highest BCUT2D eigenvalue weighted by Crippen LogP contribution is 2.39. The van der Waals surface area contributed by atoms with Crippen molar-refractivity contribution in [2.24, 2.45) is 4.99 Å². The molecule has 2 aromatic carbocycles. The second kappa shape index (κ2) is 9.52. The molecule has 0 aliphatic carbocycles. The third kappa shape index (κ3) is 4.64. The van der Waals surface area contributed by atoms with Gasteiger partial charge in [-0.2, -0.15) is 0 Å². The molecule has 31 heavy (non-hydrogen) atoms. The molecule has 0 spiro atoms. The fourth-order valence-corrected chi connectivity index (χ4v) is 3.99. The molecule has 0 bridgehead atoms. The van der Waals surface area contributed by atoms with Crippen LogP contribution in [0.2, 0.25) is 0 Å². The number of rotatable bonds is 7. The van der Waals surface area contributed by atoms with Crippen LogP contribution in [0.1, 0.15) is 12.5 Å². The third-order valence-corrected chi connectivity index (χ3v) is 5.52. The molecule has 10 heteroatoms. The average Bonchev–Trinajstić information content (AvgIpc) is 3.07. The fourth-order valence-electron chi connectivity index (χ4n) is 2.94. The van der Waals surface area contributed by atoms with Gasteiger partial charge in [-0.3, -0.25) is 19.8 Å². The first kappa shape index (κ1) is 22.2. The van der Waals surface area contributed by atoms with Gasteiger partial charge in [-0.1, -0.05) is 0 Å². The Bertz CT molecular complexity index is 1070. The Morgan fingerprint density at radius 2 is 1.77 bits per heavy atom. The van der Waals surface area contributed by atoms with Crippen LogP contribution in [0.3, 0.4) is 0 Å². The molecule has 162 valence electrons. The number of carbonyl (C=O) groups excluding carboxylic acids is 1. The lowest BCUT2D eigenvalue weighted by molar-refractivity contribution is -0.385. The number of methoxy groups -OCH3 is 3. The molecule has 1 fully saturated rings. The van der Waals surface area contributed by atoms with Crippen molar-refractivity contribution in [3.63, 3.8) is 0 Å². The molecule has 1 saturated heterocycles. The molecule has 9 nitrogen and oxygen atoms in total. The standard InChI is InChI=1S/C21H21N3O6S/c1-5-23-20(25)19(31-21(23)22-14-6-8-15(28-2)9-7-14)11-13-10-16(24(26)27)18(30-4)12-17(13)29-3/h6-12H,5H2,1-4H3/b19-11+,22-21?. The number of amidine groups is 1. The Balaban J connectivity index is 2.01. The van der Waals surface area contributed by atoms with Crippen LogP contribution >= 0.6 is 11.8 Å². The number of benzene rings is 2. The summed E-state index contributed by atoms with van der Waals surface area (Å²) in [5.74, 6) is 0.902. The molecule has 1 heterocycles. The Morgan fingerprint density at radius 1 is 1.10 bits per heavy atom. The fraction of sp³-hybridized carbons (Fsp3) is 0.238. The number of hydrogen-bond donors (Lipinski definition) is 0. The topological polar surface area (TPSA) is 104 Å². The number of carbonyl (C=O) groups is 1. The Hall–Kier alpha value is -3.53. The summed E-state index contributed by atoms with van der Waals surface area (Å²) < 4.78 is 15.6. The van der Waals surface area contributed by atoms with Gasteiger partial charge in [-0.15, -0.1) is 0 Å². The summed E-state index contributed by atoms with van der Waals surface area (Å²) in [6, 6.07) is 9.92. The summed E-state index contributed by atoms with van der Waals surface area (Å²) in [5.41, 5.74) is 0.853. The lowest BCUT2D eigenvalue weighted by atomic mass is 10.1. The maximum absolute atomic E-state index is 12.9. The number of likely N-dealkylation sites (N-methyl/N-ethyl adjacent to an activating group) is 1. The third-order valence-electron chi connectivity index (χ3n) is 4.52. The van der Waals surface area contributed by atoms with E-state index in [0.717, 1.165) is 0 Å². The second-order valence-electron chi connectivity index (χ2n) is 6.28. The highest BCUT2D eigenvalue weighted by atomic mass is 32.2. The van der Waals surface area contributed by atoms with Gasteiger partial charge in [-0.05, 0) is 49.0 Å². The van der Waals surface area contributed by atoms with Crippen LogP contribution in [0.5, 0.6) is 17.2 Å². The van der Waals surface area contributed by atoms with Crippen molar-refractivity contribution in [1.29, 1.82) is 0 Å². The molecule has 0 aromatic heterocycles. The predicted molar refractivity (Wildman–Crippen MR) is 119 cm³/mol. The second-order valence-corrected chi connectivity index (χ2v) is 7.28. The van der Waals surface area contributed by atoms with Gasteiger partial charge in [0.15, 0.2) is 5.17 Å². The van der Waals surface area contributed by atoms with E-state index in [1.54, 1.807) is 42.4 Å². The zero-order valence-corrected chi connectivity index (χ0v) is 18.3. The van der Waals surface area contributed by atoms with Gasteiger partial charge >= 0.3 is 5.69 Å². The summed E-state index contributed by atoms with van der Waals surface area (Å²) in [4.78, 5) is 30.3. The minimum Gasteiger partial charge on any atom is -0.497 e. The number of ether oxygens (including phenoxy) is 3. The van der Waals surface area contributed by atoms with E-state index in [0.29, 0.717) is 39.4 Å². The number of thioether (sulfide) groups is 1. The lowest BCUT2D eigenvalue weighted by Crippen LogP contribution is -2.28. The Labute approximate surface area is 183 Å². The number of nitro groups is 1. The van der Waals surface area contributed by atoms with Gasteiger partial charge < -0.3 is 14.2 Å². The SMILES string of the molecule is CCN1C(=O)/C(=C\c2cc([N+](=O)[O-])c(OC)cc2OC)SC1=Nc1ccc(OC)cc1. The molecule has 1 amide bonds. The van der Waals surface area contributed by atoms with Gasteiger partial charge in [0.25, 0.3) is 5.91 Å². The summed E-state index contributed by atoms with van der Waals surface area (Å²) >= 11 is 1.19. The van der Waals surface area contributed by atoms with Crippen molar-refractivity contribution in [2.45, 2.75) is 6.92 Å². The van der Waals surface area contributed by atoms with Crippen LogP contribution < -0.4 is 14.2 Å². The summed E-state index contributed by atoms with van der Waals surface area (Å²) in [7, 11) is 4.37. The molecule has 3 rings (SSSR count). The maximum atomic E-state index is 12.9. The van der Waals surface area contributed by atoms with E-state index in [-0.39, 0.29) is 17.3 Å². The maximum Gasteiger partial charge on any atom is 0.311 e. The van der Waals surface area contributed by atoms with Crippen LogP contribution in [0.15, 0.2) is 46.3 Å². The van der Waals surface area contributed by atoms with Crippen molar-refractivity contribution >= 4 is 40.3 Å². The molecule has 1 aliphatic heterocycles. The number of aliphatic imine (C=N–C) groups is 1. The van der Waals surface area contributed by atoms with Crippen LogP contribution in [-0.2, 0) is 4.79 Å². The monoisotopic (exact) mass is 443 g/mol. The van der Waals surface area contributed by atoms with Gasteiger partial charge in [0.05, 0.1) is 36.8 Å². The normalized spacial score (nSPS) is 16.1. The smallest absolute Gasteiger partial charge is 0.311 e. The highest BCUT2D eigenvalue weighted by molar-refractivity contribution is 8.18. The lowest BCUT2D eigenvalue weighted by Gasteiger charge is -2.12. The van der Waals surface area contributed by atoms with Gasteiger partial charge in [-0.25, -0.2) is 4.99 Å². The minimum absolute atomic E-state index is 0.0753. The summed E-state index contributed by atoms with van der Waals surface area (Å²) in [6.07, 6.45) is 1.57. The molecule has 0 radical (unpaired) electrons. The average molecular weight is 443 g/mol. The zero-order chi connectivity index (χ0) is 22.5. The van der Waals surface area contributed by atoms with Crippen molar-refractivity contribution in [3.8, 4) is 17.2 Å². The molecule has 0 N–H and O–H groups in total. The molecule has 0 atom stereocenters. The first-order valence-electron chi connectivity index (χ1n) is 9.26. The van der Waals surface area contributed by atoms with Crippen LogP contribution in [0, 0.1) is 10.1 Å². The number of hydrogen-bond acceptors (Lipinski definition) is 8. The first-order valence-corrected chi connectivity index (χ1v) is 10.1. The van der Waals surface area contributed by atoms with Gasteiger partial charge in [0, 0.05) is 24.2 Å². The zero-order valence-electron chi connectivity index (χ0n) is 17.4. The summed E-state index contributed by atoms with van der Waals surface area (Å²) in [6.45, 7) is 2.28. The van der Waals surface area contributed by atoms with E-state index >= 15 is 0 Å². The molecule has 0 unspecified atom stereocenters. The number of nitro benzene ring substituents is 1. The number of nitrogens with zero attached hydrogens (tertiary/aromatic N) is 3. The highest BCUT2D eigenvalue weighted by Gasteiger charge is 2.33. The first-order chi connectivity index (χ1) is 14.9. The van der Waals surface area contributed by atoms with E-state index in [1.165, 1.54) is 38.1 Å². The van der Waals surface area contributed by atoms with E-state index < -0.39 is 4.92 Å². The van der Waals surface area contributed by atoms with Crippen LogP contribution in [0.25, 0.3) is 6.08 Å². The largest absolute Gasteiger partial charge is 0.497 e. The van der Waals surface area contributed by atoms with Crippen molar-refractivity contribution in [3.05, 3.63) is 57.0 Å². The molecular weight excluding hydrogens is 422 g/mol. The van der Waals surface area contributed by atoms with Crippen molar-refractivity contribution in [2.75, 3.05) is 27.9 Å². The van der Waals surface area contributed by atoms with E-state index in [9.17, 15) is 14.9 Å². The van der Waals surface area contributed by atoms with E-state index in [2.05, 4.69) is 4.99 Å². The van der Waals surface area contributed by atoms with E-state index in [4.69, 9.17) is 14.2 Å². The Morgan fingerprint density at radius 3 is 2.32 bits per heavy atom.